The number of nitrogens with zero attached hydrogens (tertiary/aromatic N) is 2. The summed E-state index contributed by atoms with van der Waals surface area (Å²) in [7, 11) is 1.47. The van der Waals surface area contributed by atoms with Crippen LogP contribution in [0.2, 0.25) is 0 Å². The third-order valence-corrected chi connectivity index (χ3v) is 8.18. The van der Waals surface area contributed by atoms with Crippen LogP contribution in [-0.4, -0.2) is 48.5 Å². The van der Waals surface area contributed by atoms with Crippen LogP contribution in [0.1, 0.15) is 39.9 Å². The van der Waals surface area contributed by atoms with Crippen molar-refractivity contribution < 1.29 is 37.0 Å². The highest BCUT2D eigenvalue weighted by Gasteiger charge is 2.25. The van der Waals surface area contributed by atoms with Crippen molar-refractivity contribution in [3.8, 4) is 45.5 Å². The number of carbonyl (C=O) groups excluding carboxylic acids is 2. The Labute approximate surface area is 263 Å². The first-order valence-corrected chi connectivity index (χ1v) is 14.8. The maximum atomic E-state index is 13.3. The molecule has 3 heterocycles. The highest BCUT2D eigenvalue weighted by molar-refractivity contribution is 5.85. The molecule has 1 aliphatic heterocycles. The van der Waals surface area contributed by atoms with Crippen molar-refractivity contribution in [3.05, 3.63) is 82.9 Å². The Morgan fingerprint density at radius 1 is 1.02 bits per heavy atom. The summed E-state index contributed by atoms with van der Waals surface area (Å²) in [5, 5.41) is 3.06. The van der Waals surface area contributed by atoms with Gasteiger partial charge >= 0.3 is 12.6 Å². The van der Waals surface area contributed by atoms with Crippen LogP contribution in [0.3, 0.4) is 0 Å². The van der Waals surface area contributed by atoms with Crippen LogP contribution in [-0.2, 0) is 16.1 Å². The fraction of sp³-hybridized carbons (Fsp3) is 0.257. The number of hydrogen-bond donors (Lipinski definition) is 1. The molecular formula is C35H31F2N3O6. The van der Waals surface area contributed by atoms with Gasteiger partial charge in [0.15, 0.2) is 11.9 Å². The topological polar surface area (TPSA) is 113 Å². The lowest BCUT2D eigenvalue weighted by atomic mass is 9.90. The summed E-state index contributed by atoms with van der Waals surface area (Å²) in [4.78, 5) is 33.0. The zero-order chi connectivity index (χ0) is 32.4. The predicted molar refractivity (Wildman–Crippen MR) is 167 cm³/mol. The van der Waals surface area contributed by atoms with Gasteiger partial charge in [0.25, 0.3) is 0 Å². The van der Waals surface area contributed by atoms with E-state index in [1.54, 1.807) is 18.2 Å². The molecule has 2 aromatic heterocycles. The zero-order valence-corrected chi connectivity index (χ0v) is 25.4. The van der Waals surface area contributed by atoms with E-state index in [4.69, 9.17) is 18.6 Å². The number of alkyl halides is 2. The average Bonchev–Trinajstić information content (AvgIpc) is 3.74. The highest BCUT2D eigenvalue weighted by atomic mass is 19.3. The number of methoxy groups -OCH3 is 1. The van der Waals surface area contributed by atoms with Gasteiger partial charge in [0.05, 0.1) is 18.4 Å². The lowest BCUT2D eigenvalue weighted by Crippen LogP contribution is -2.32. The van der Waals surface area contributed by atoms with Crippen LogP contribution in [0.4, 0.5) is 8.78 Å². The van der Waals surface area contributed by atoms with E-state index in [2.05, 4.69) is 15.3 Å². The molecule has 1 atom stereocenters. The van der Waals surface area contributed by atoms with Gasteiger partial charge in [-0.1, -0.05) is 30.3 Å². The Bertz CT molecular complexity index is 1930. The first-order valence-electron chi connectivity index (χ1n) is 14.8. The van der Waals surface area contributed by atoms with Gasteiger partial charge in [-0.2, -0.15) is 8.78 Å². The third-order valence-electron chi connectivity index (χ3n) is 8.18. The zero-order valence-electron chi connectivity index (χ0n) is 25.4. The van der Waals surface area contributed by atoms with Crippen LogP contribution in [0.15, 0.2) is 65.1 Å². The molecule has 11 heteroatoms. The number of carbonyl (C=O) groups is 2. The molecule has 0 bridgehead atoms. The molecule has 236 valence electrons. The lowest BCUT2D eigenvalue weighted by molar-refractivity contribution is -0.147. The van der Waals surface area contributed by atoms with Crippen molar-refractivity contribution in [2.45, 2.75) is 45.9 Å². The minimum absolute atomic E-state index is 0.151. The molecule has 9 nitrogen and oxygen atoms in total. The van der Waals surface area contributed by atoms with Crippen molar-refractivity contribution in [1.29, 1.82) is 0 Å². The number of benzene rings is 3. The second-order valence-corrected chi connectivity index (χ2v) is 11.0. The first-order chi connectivity index (χ1) is 22.3. The second-order valence-electron chi connectivity index (χ2n) is 11.0. The van der Waals surface area contributed by atoms with Crippen LogP contribution < -0.4 is 14.8 Å². The number of nitrogens with one attached hydrogen (secondary N) is 1. The predicted octanol–water partition coefficient (Wildman–Crippen LogP) is 7.06. The summed E-state index contributed by atoms with van der Waals surface area (Å²) in [6.07, 6.45) is 2.23. The van der Waals surface area contributed by atoms with E-state index in [0.29, 0.717) is 40.9 Å². The summed E-state index contributed by atoms with van der Waals surface area (Å²) >= 11 is 0. The van der Waals surface area contributed by atoms with E-state index in [0.717, 1.165) is 40.8 Å². The molecule has 1 aliphatic rings. The second kappa shape index (κ2) is 13.1. The monoisotopic (exact) mass is 627 g/mol. The summed E-state index contributed by atoms with van der Waals surface area (Å²) in [5.74, 6) is -0.0464. The van der Waals surface area contributed by atoms with Crippen molar-refractivity contribution in [3.63, 3.8) is 0 Å². The number of aromatic nitrogens is 2. The van der Waals surface area contributed by atoms with Crippen LogP contribution in [0.5, 0.6) is 11.6 Å². The van der Waals surface area contributed by atoms with Gasteiger partial charge in [0, 0.05) is 22.8 Å². The number of halogens is 2. The lowest BCUT2D eigenvalue weighted by Gasteiger charge is -2.15. The van der Waals surface area contributed by atoms with E-state index >= 15 is 0 Å². The smallest absolute Gasteiger partial charge is 0.387 e. The van der Waals surface area contributed by atoms with Crippen molar-refractivity contribution in [1.82, 2.24) is 15.3 Å². The number of rotatable bonds is 10. The van der Waals surface area contributed by atoms with Gasteiger partial charge in [0.1, 0.15) is 23.9 Å². The average molecular weight is 628 g/mol. The molecule has 1 N–H and O–H groups in total. The first kappa shape index (κ1) is 30.8. The van der Waals surface area contributed by atoms with E-state index in [1.165, 1.54) is 13.2 Å². The van der Waals surface area contributed by atoms with E-state index < -0.39 is 18.6 Å². The van der Waals surface area contributed by atoms with Gasteiger partial charge < -0.3 is 23.9 Å². The summed E-state index contributed by atoms with van der Waals surface area (Å²) in [6, 6.07) is 17.6. The minimum Gasteiger partial charge on any atom is -0.480 e. The third kappa shape index (κ3) is 6.05. The molecule has 46 heavy (non-hydrogen) atoms. The van der Waals surface area contributed by atoms with Gasteiger partial charge in [0.2, 0.25) is 11.8 Å². The fourth-order valence-corrected chi connectivity index (χ4v) is 5.79. The summed E-state index contributed by atoms with van der Waals surface area (Å²) in [6.45, 7) is 1.35. The van der Waals surface area contributed by atoms with Crippen molar-refractivity contribution in [2.24, 2.45) is 0 Å². The van der Waals surface area contributed by atoms with E-state index in [9.17, 15) is 18.4 Å². The number of oxazole rings is 1. The molecule has 0 amide bonds. The van der Waals surface area contributed by atoms with Crippen molar-refractivity contribution >= 4 is 23.4 Å². The Morgan fingerprint density at radius 2 is 1.74 bits per heavy atom. The van der Waals surface area contributed by atoms with E-state index in [-0.39, 0.29) is 29.4 Å². The SMILES string of the molecule is COc1nc(-c2cccc(-c3cccc(-c4nc5cc(COC(=O)[C@@H]6CCCN6)c(OC(F)F)cc5o4)c3C)c2C)ccc1C=O. The minimum atomic E-state index is -3.08. The molecule has 0 spiro atoms. The molecule has 1 fully saturated rings. The molecule has 5 aromatic rings. The molecule has 6 rings (SSSR count). The summed E-state index contributed by atoms with van der Waals surface area (Å²) in [5.41, 5.74) is 7.28. The Morgan fingerprint density at radius 3 is 2.41 bits per heavy atom. The van der Waals surface area contributed by atoms with Gasteiger partial charge in [-0.15, -0.1) is 0 Å². The number of ether oxygens (including phenoxy) is 3. The maximum Gasteiger partial charge on any atom is 0.387 e. The molecule has 0 unspecified atom stereocenters. The van der Waals surface area contributed by atoms with Crippen LogP contribution in [0.25, 0.3) is 44.9 Å². The Balaban J connectivity index is 1.35. The quantitative estimate of drug-likeness (QED) is 0.128. The molecule has 0 aliphatic carbocycles. The maximum absolute atomic E-state index is 13.3. The standard InChI is InChI=1S/C35H31F2N3O6/c1-19-23(7-4-9-25(19)27-13-12-21(17-41)32(39-27)43-3)24-8-5-10-26(20(24)2)33-40-29-15-22(18-44-34(42)28-11-6-14-38-28)30(46-35(36)37)16-31(29)45-33/h4-5,7-10,12-13,15-17,28,35,38H,6,11,14,18H2,1-3H3/t28-/m0/s1. The fourth-order valence-electron chi connectivity index (χ4n) is 5.79. The Kier molecular flexibility index (Phi) is 8.76. The number of hydrogen-bond acceptors (Lipinski definition) is 9. The van der Waals surface area contributed by atoms with Crippen LogP contribution >= 0.6 is 0 Å². The normalized spacial score (nSPS) is 14.5. The molecule has 0 radical (unpaired) electrons. The highest BCUT2D eigenvalue weighted by Crippen LogP contribution is 2.38. The molecule has 1 saturated heterocycles. The van der Waals surface area contributed by atoms with Crippen LogP contribution in [0, 0.1) is 13.8 Å². The molecule has 3 aromatic carbocycles. The number of fused-ring (bicyclic) bond motifs is 1. The number of pyridine rings is 1. The largest absolute Gasteiger partial charge is 0.480 e. The van der Waals surface area contributed by atoms with Crippen molar-refractivity contribution in [2.75, 3.05) is 13.7 Å². The summed E-state index contributed by atoms with van der Waals surface area (Å²) < 4.78 is 48.2. The molecule has 0 saturated carbocycles. The number of esters is 1. The Hall–Kier alpha value is -5.16. The van der Waals surface area contributed by atoms with E-state index in [1.807, 2.05) is 50.2 Å². The van der Waals surface area contributed by atoms with Gasteiger partial charge in [-0.3, -0.25) is 9.59 Å². The number of aldehydes is 1. The molecular weight excluding hydrogens is 596 g/mol. The van der Waals surface area contributed by atoms with Gasteiger partial charge in [-0.05, 0) is 79.8 Å². The van der Waals surface area contributed by atoms with Gasteiger partial charge in [-0.25, -0.2) is 9.97 Å².